The van der Waals surface area contributed by atoms with E-state index in [1.165, 1.54) is 5.69 Å². The summed E-state index contributed by atoms with van der Waals surface area (Å²) in [6, 6.07) is 8.75. The fourth-order valence-corrected chi connectivity index (χ4v) is 2.59. The summed E-state index contributed by atoms with van der Waals surface area (Å²) in [6.07, 6.45) is 4.55. The average Bonchev–Trinajstić information content (AvgIpc) is 2.46. The van der Waals surface area contributed by atoms with Crippen LogP contribution in [-0.2, 0) is 0 Å². The van der Waals surface area contributed by atoms with Crippen molar-refractivity contribution in [3.63, 3.8) is 0 Å². The second kappa shape index (κ2) is 6.80. The molecule has 0 bridgehead atoms. The summed E-state index contributed by atoms with van der Waals surface area (Å²) in [5.41, 5.74) is 7.20. The van der Waals surface area contributed by atoms with Gasteiger partial charge in [0.2, 0.25) is 0 Å². The minimum absolute atomic E-state index is 0.313. The van der Waals surface area contributed by atoms with Crippen molar-refractivity contribution in [3.8, 4) is 5.75 Å². The third kappa shape index (κ3) is 3.63. The number of nitrogens with two attached hydrogens (primary N) is 1. The zero-order valence-corrected chi connectivity index (χ0v) is 12.1. The fourth-order valence-electron chi connectivity index (χ4n) is 2.59. The molecule has 0 aliphatic carbocycles. The fraction of sp³-hybridized carbons (Fsp3) is 0.625. The Hall–Kier alpha value is -1.22. The summed E-state index contributed by atoms with van der Waals surface area (Å²) in [7, 11) is 0. The van der Waals surface area contributed by atoms with Crippen LogP contribution in [0, 0.1) is 0 Å². The molecule has 2 N–H and O–H groups in total. The number of para-hydroxylation sites is 2. The van der Waals surface area contributed by atoms with Crippen LogP contribution >= 0.6 is 0 Å². The Balaban J connectivity index is 2.11. The molecule has 3 heteroatoms. The summed E-state index contributed by atoms with van der Waals surface area (Å²) in [5, 5.41) is 0. The number of nitrogens with zero attached hydrogens (tertiary/aromatic N) is 1. The first-order chi connectivity index (χ1) is 9.24. The molecular formula is C16H26N2O. The van der Waals surface area contributed by atoms with E-state index in [1.807, 2.05) is 0 Å². The monoisotopic (exact) mass is 262 g/mol. The normalized spacial score (nSPS) is 16.9. The Morgan fingerprint density at radius 1 is 1.21 bits per heavy atom. The van der Waals surface area contributed by atoms with Crippen LogP contribution in [0.1, 0.15) is 39.5 Å². The molecule has 1 saturated heterocycles. The van der Waals surface area contributed by atoms with Crippen LogP contribution in [0.3, 0.4) is 0 Å². The summed E-state index contributed by atoms with van der Waals surface area (Å²) in [4.78, 5) is 2.40. The predicted molar refractivity (Wildman–Crippen MR) is 80.9 cm³/mol. The van der Waals surface area contributed by atoms with Crippen molar-refractivity contribution in [2.24, 2.45) is 5.73 Å². The van der Waals surface area contributed by atoms with E-state index in [4.69, 9.17) is 10.5 Å². The van der Waals surface area contributed by atoms with Gasteiger partial charge in [-0.05, 0) is 37.8 Å². The van der Waals surface area contributed by atoms with Gasteiger partial charge in [-0.25, -0.2) is 0 Å². The van der Waals surface area contributed by atoms with E-state index in [2.05, 4.69) is 43.0 Å². The van der Waals surface area contributed by atoms with Gasteiger partial charge in [-0.2, -0.15) is 0 Å². The molecule has 0 atom stereocenters. The third-order valence-corrected chi connectivity index (χ3v) is 3.95. The highest BCUT2D eigenvalue weighted by molar-refractivity contribution is 5.58. The number of anilines is 1. The zero-order valence-electron chi connectivity index (χ0n) is 12.1. The van der Waals surface area contributed by atoms with Gasteiger partial charge in [-0.15, -0.1) is 0 Å². The minimum Gasteiger partial charge on any atom is -0.488 e. The molecule has 1 fully saturated rings. The molecule has 1 aliphatic rings. The van der Waals surface area contributed by atoms with Gasteiger partial charge in [0.25, 0.3) is 0 Å². The maximum Gasteiger partial charge on any atom is 0.143 e. The van der Waals surface area contributed by atoms with Crippen LogP contribution in [0.4, 0.5) is 5.69 Å². The van der Waals surface area contributed by atoms with E-state index in [1.54, 1.807) is 0 Å². The predicted octanol–water partition coefficient (Wildman–Crippen LogP) is 3.18. The molecule has 1 aromatic rings. The number of piperidine rings is 1. The molecule has 0 radical (unpaired) electrons. The second-order valence-electron chi connectivity index (χ2n) is 5.35. The van der Waals surface area contributed by atoms with Crippen molar-refractivity contribution < 1.29 is 4.74 Å². The van der Waals surface area contributed by atoms with Crippen molar-refractivity contribution in [3.05, 3.63) is 24.3 Å². The van der Waals surface area contributed by atoms with Crippen LogP contribution in [0.5, 0.6) is 5.75 Å². The molecule has 1 aliphatic heterocycles. The highest BCUT2D eigenvalue weighted by Crippen LogP contribution is 2.31. The number of hydrogen-bond donors (Lipinski definition) is 1. The summed E-state index contributed by atoms with van der Waals surface area (Å²) in [6.45, 7) is 6.42. The Morgan fingerprint density at radius 2 is 1.84 bits per heavy atom. The molecule has 2 rings (SSSR count). The average molecular weight is 262 g/mol. The van der Waals surface area contributed by atoms with Crippen molar-refractivity contribution in [1.82, 2.24) is 0 Å². The minimum atomic E-state index is 0.313. The lowest BCUT2D eigenvalue weighted by Crippen LogP contribution is -2.39. The lowest BCUT2D eigenvalue weighted by molar-refractivity contribution is 0.193. The topological polar surface area (TPSA) is 38.5 Å². The number of ether oxygens (including phenoxy) is 1. The molecule has 1 heterocycles. The van der Waals surface area contributed by atoms with E-state index >= 15 is 0 Å². The van der Waals surface area contributed by atoms with E-state index in [0.717, 1.165) is 44.5 Å². The Labute approximate surface area is 116 Å². The van der Waals surface area contributed by atoms with Gasteiger partial charge in [0.1, 0.15) is 5.75 Å². The van der Waals surface area contributed by atoms with Crippen molar-refractivity contribution >= 4 is 5.69 Å². The maximum absolute atomic E-state index is 6.15. The molecular weight excluding hydrogens is 236 g/mol. The molecule has 0 amide bonds. The smallest absolute Gasteiger partial charge is 0.143 e. The second-order valence-corrected chi connectivity index (χ2v) is 5.35. The van der Waals surface area contributed by atoms with Crippen LogP contribution < -0.4 is 15.4 Å². The van der Waals surface area contributed by atoms with Gasteiger partial charge in [-0.1, -0.05) is 26.0 Å². The third-order valence-electron chi connectivity index (χ3n) is 3.95. The summed E-state index contributed by atoms with van der Waals surface area (Å²) in [5.74, 6) is 1.02. The highest BCUT2D eigenvalue weighted by atomic mass is 16.5. The largest absolute Gasteiger partial charge is 0.488 e. The molecule has 0 saturated carbocycles. The lowest BCUT2D eigenvalue weighted by Gasteiger charge is -2.33. The highest BCUT2D eigenvalue weighted by Gasteiger charge is 2.19. The Morgan fingerprint density at radius 3 is 2.47 bits per heavy atom. The van der Waals surface area contributed by atoms with Gasteiger partial charge >= 0.3 is 0 Å². The van der Waals surface area contributed by atoms with Gasteiger partial charge in [0.05, 0.1) is 11.8 Å². The number of hydrogen-bond acceptors (Lipinski definition) is 3. The Bertz CT molecular complexity index is 382. The first-order valence-electron chi connectivity index (χ1n) is 7.50. The first kappa shape index (κ1) is 14.2. The van der Waals surface area contributed by atoms with E-state index in [0.29, 0.717) is 12.1 Å². The van der Waals surface area contributed by atoms with Gasteiger partial charge in [0.15, 0.2) is 0 Å². The lowest BCUT2D eigenvalue weighted by atomic mass is 10.1. The SMILES string of the molecule is CCC(CC)Oc1ccccc1N1CCC(N)CC1. The van der Waals surface area contributed by atoms with E-state index in [9.17, 15) is 0 Å². The van der Waals surface area contributed by atoms with Crippen LogP contribution in [0.2, 0.25) is 0 Å². The quantitative estimate of drug-likeness (QED) is 0.885. The van der Waals surface area contributed by atoms with E-state index < -0.39 is 0 Å². The van der Waals surface area contributed by atoms with Gasteiger partial charge in [0, 0.05) is 19.1 Å². The summed E-state index contributed by atoms with van der Waals surface area (Å²) >= 11 is 0. The maximum atomic E-state index is 6.15. The van der Waals surface area contributed by atoms with Crippen molar-refractivity contribution in [2.45, 2.75) is 51.7 Å². The van der Waals surface area contributed by atoms with Crippen molar-refractivity contribution in [2.75, 3.05) is 18.0 Å². The summed E-state index contributed by atoms with van der Waals surface area (Å²) < 4.78 is 6.15. The molecule has 0 unspecified atom stereocenters. The molecule has 1 aromatic carbocycles. The van der Waals surface area contributed by atoms with Crippen LogP contribution in [0.25, 0.3) is 0 Å². The molecule has 19 heavy (non-hydrogen) atoms. The van der Waals surface area contributed by atoms with Gasteiger partial charge in [-0.3, -0.25) is 0 Å². The van der Waals surface area contributed by atoms with Crippen LogP contribution in [0.15, 0.2) is 24.3 Å². The van der Waals surface area contributed by atoms with Crippen molar-refractivity contribution in [1.29, 1.82) is 0 Å². The van der Waals surface area contributed by atoms with Crippen LogP contribution in [-0.4, -0.2) is 25.2 Å². The zero-order chi connectivity index (χ0) is 13.7. The molecule has 3 nitrogen and oxygen atoms in total. The molecule has 0 spiro atoms. The number of benzene rings is 1. The Kier molecular flexibility index (Phi) is 5.08. The molecule has 106 valence electrons. The first-order valence-corrected chi connectivity index (χ1v) is 7.50. The van der Waals surface area contributed by atoms with Gasteiger partial charge < -0.3 is 15.4 Å². The number of rotatable bonds is 5. The van der Waals surface area contributed by atoms with E-state index in [-0.39, 0.29) is 0 Å². The molecule has 0 aromatic heterocycles. The standard InChI is InChI=1S/C16H26N2O/c1-3-14(4-2)19-16-8-6-5-7-15(16)18-11-9-13(17)10-12-18/h5-8,13-14H,3-4,9-12,17H2,1-2H3.